The second kappa shape index (κ2) is 10.2. The van der Waals surface area contributed by atoms with Crippen LogP contribution in [0.25, 0.3) is 0 Å². The van der Waals surface area contributed by atoms with E-state index in [4.69, 9.17) is 23.2 Å². The molecule has 1 atom stereocenters. The minimum Gasteiger partial charge on any atom is -0.350 e. The summed E-state index contributed by atoms with van der Waals surface area (Å²) in [7, 11) is -6.86. The molecular weight excluding hydrogens is 483 g/mol. The molecule has 0 aliphatic heterocycles. The van der Waals surface area contributed by atoms with Gasteiger partial charge in [-0.2, -0.15) is 0 Å². The van der Waals surface area contributed by atoms with Gasteiger partial charge in [-0.05, 0) is 49.2 Å². The SMILES string of the molecule is CC(NC(=O)CCCN(c1ccc(Cl)c(Cl)c1)S(C)(=O)=O)c1ccc(S(C)(=O)=O)cc1. The molecule has 11 heteroatoms. The van der Waals surface area contributed by atoms with Gasteiger partial charge in [-0.3, -0.25) is 9.10 Å². The Morgan fingerprint density at radius 2 is 1.61 bits per heavy atom. The average molecular weight is 507 g/mol. The molecule has 0 radical (unpaired) electrons. The van der Waals surface area contributed by atoms with Crippen molar-refractivity contribution in [2.24, 2.45) is 0 Å². The van der Waals surface area contributed by atoms with Crippen LogP contribution in [0.3, 0.4) is 0 Å². The average Bonchev–Trinajstić information content (AvgIpc) is 2.66. The van der Waals surface area contributed by atoms with Crippen LogP contribution in [0.4, 0.5) is 5.69 Å². The lowest BCUT2D eigenvalue weighted by atomic mass is 10.1. The molecule has 2 aromatic carbocycles. The molecule has 1 N–H and O–H groups in total. The molecule has 2 rings (SSSR count). The fourth-order valence-corrected chi connectivity index (χ4v) is 4.79. The smallest absolute Gasteiger partial charge is 0.232 e. The van der Waals surface area contributed by atoms with Crippen molar-refractivity contribution in [2.45, 2.75) is 30.7 Å². The molecule has 0 saturated heterocycles. The third-order valence-electron chi connectivity index (χ3n) is 4.54. The minimum absolute atomic E-state index is 0.0989. The van der Waals surface area contributed by atoms with Crippen molar-refractivity contribution >= 4 is 54.7 Å². The van der Waals surface area contributed by atoms with Gasteiger partial charge in [0.1, 0.15) is 0 Å². The summed E-state index contributed by atoms with van der Waals surface area (Å²) >= 11 is 11.9. The summed E-state index contributed by atoms with van der Waals surface area (Å²) in [6.07, 6.45) is 2.61. The molecule has 0 bridgehead atoms. The second-order valence-electron chi connectivity index (χ2n) is 7.17. The van der Waals surface area contributed by atoms with Crippen LogP contribution in [0.1, 0.15) is 31.4 Å². The zero-order chi connectivity index (χ0) is 23.4. The highest BCUT2D eigenvalue weighted by Crippen LogP contribution is 2.28. The molecule has 2 aromatic rings. The number of nitrogens with one attached hydrogen (secondary N) is 1. The highest BCUT2D eigenvalue weighted by atomic mass is 35.5. The summed E-state index contributed by atoms with van der Waals surface area (Å²) in [4.78, 5) is 12.5. The van der Waals surface area contributed by atoms with Crippen LogP contribution in [0.2, 0.25) is 10.0 Å². The number of anilines is 1. The second-order valence-corrected chi connectivity index (χ2v) is 11.9. The number of carbonyl (C=O) groups excluding carboxylic acids is 1. The van der Waals surface area contributed by atoms with E-state index < -0.39 is 19.9 Å². The summed E-state index contributed by atoms with van der Waals surface area (Å²) in [5.74, 6) is -0.248. The van der Waals surface area contributed by atoms with Crippen LogP contribution in [-0.4, -0.2) is 41.8 Å². The number of carbonyl (C=O) groups is 1. The van der Waals surface area contributed by atoms with E-state index in [0.717, 1.165) is 18.1 Å². The zero-order valence-corrected chi connectivity index (χ0v) is 20.4. The Balaban J connectivity index is 1.96. The molecule has 0 aromatic heterocycles. The number of sulfonamides is 1. The van der Waals surface area contributed by atoms with Gasteiger partial charge in [-0.25, -0.2) is 16.8 Å². The lowest BCUT2D eigenvalue weighted by Crippen LogP contribution is -2.32. The molecule has 0 aliphatic rings. The van der Waals surface area contributed by atoms with Crippen molar-refractivity contribution in [3.05, 3.63) is 58.1 Å². The number of hydrogen-bond donors (Lipinski definition) is 1. The van der Waals surface area contributed by atoms with Gasteiger partial charge in [0, 0.05) is 19.2 Å². The van der Waals surface area contributed by atoms with Crippen LogP contribution in [0, 0.1) is 0 Å². The number of rotatable bonds is 9. The normalized spacial score (nSPS) is 12.9. The minimum atomic E-state index is -3.58. The number of hydrogen-bond acceptors (Lipinski definition) is 5. The molecule has 0 spiro atoms. The maximum absolute atomic E-state index is 12.3. The zero-order valence-electron chi connectivity index (χ0n) is 17.3. The lowest BCUT2D eigenvalue weighted by molar-refractivity contribution is -0.121. The Kier molecular flexibility index (Phi) is 8.38. The summed E-state index contributed by atoms with van der Waals surface area (Å²) in [5.41, 5.74) is 1.13. The largest absolute Gasteiger partial charge is 0.350 e. The molecule has 1 unspecified atom stereocenters. The van der Waals surface area contributed by atoms with Crippen LogP contribution >= 0.6 is 23.2 Å². The Labute approximate surface area is 193 Å². The molecular formula is C20H24Cl2N2O5S2. The number of sulfone groups is 1. The summed E-state index contributed by atoms with van der Waals surface area (Å²) in [5, 5.41) is 3.38. The number of halogens is 2. The van der Waals surface area contributed by atoms with Gasteiger partial charge >= 0.3 is 0 Å². The predicted octanol–water partition coefficient (Wildman–Crippen LogP) is 3.82. The molecule has 170 valence electrons. The van der Waals surface area contributed by atoms with Crippen molar-refractivity contribution < 1.29 is 21.6 Å². The quantitative estimate of drug-likeness (QED) is 0.556. The monoisotopic (exact) mass is 506 g/mol. The first-order valence-corrected chi connectivity index (χ1v) is 13.8. The van der Waals surface area contributed by atoms with E-state index in [1.54, 1.807) is 25.1 Å². The third kappa shape index (κ3) is 7.38. The van der Waals surface area contributed by atoms with Gasteiger partial charge in [0.15, 0.2) is 9.84 Å². The van der Waals surface area contributed by atoms with Gasteiger partial charge in [0.25, 0.3) is 0 Å². The van der Waals surface area contributed by atoms with Crippen LogP contribution in [-0.2, 0) is 24.7 Å². The van der Waals surface area contributed by atoms with Crippen LogP contribution in [0.5, 0.6) is 0 Å². The first kappa shape index (κ1) is 25.5. The fourth-order valence-electron chi connectivity index (χ4n) is 2.91. The Bertz CT molecular complexity index is 1150. The number of nitrogens with zero attached hydrogens (tertiary/aromatic N) is 1. The van der Waals surface area contributed by atoms with Crippen molar-refractivity contribution in [3.8, 4) is 0 Å². The van der Waals surface area contributed by atoms with E-state index in [-0.39, 0.29) is 34.8 Å². The highest BCUT2D eigenvalue weighted by Gasteiger charge is 2.19. The van der Waals surface area contributed by atoms with Crippen molar-refractivity contribution in [1.29, 1.82) is 0 Å². The van der Waals surface area contributed by atoms with Gasteiger partial charge < -0.3 is 5.32 Å². The third-order valence-corrected chi connectivity index (χ3v) is 7.60. The van der Waals surface area contributed by atoms with E-state index >= 15 is 0 Å². The van der Waals surface area contributed by atoms with Gasteiger partial charge in [0.2, 0.25) is 15.9 Å². The molecule has 1 amide bonds. The molecule has 0 fully saturated rings. The van der Waals surface area contributed by atoms with Crippen LogP contribution < -0.4 is 9.62 Å². The lowest BCUT2D eigenvalue weighted by Gasteiger charge is -2.23. The molecule has 0 heterocycles. The maximum atomic E-state index is 12.3. The van der Waals surface area contributed by atoms with E-state index in [0.29, 0.717) is 17.1 Å². The van der Waals surface area contributed by atoms with Gasteiger partial charge in [0.05, 0.1) is 32.9 Å². The standard InChI is InChI=1S/C20H24Cl2N2O5S2/c1-14(15-6-9-17(10-7-15)30(2,26)27)23-20(25)5-4-12-24(31(3,28)29)16-8-11-18(21)19(22)13-16/h6-11,13-14H,4-5,12H2,1-3H3,(H,23,25). The van der Waals surface area contributed by atoms with Gasteiger partial charge in [-0.1, -0.05) is 35.3 Å². The summed E-state index contributed by atoms with van der Waals surface area (Å²) in [6, 6.07) is 10.5. The first-order chi connectivity index (χ1) is 14.3. The van der Waals surface area contributed by atoms with Crippen LogP contribution in [0.15, 0.2) is 47.4 Å². The van der Waals surface area contributed by atoms with Crippen molar-refractivity contribution in [1.82, 2.24) is 5.32 Å². The van der Waals surface area contributed by atoms with E-state index in [9.17, 15) is 21.6 Å². The highest BCUT2D eigenvalue weighted by molar-refractivity contribution is 7.92. The van der Waals surface area contributed by atoms with Gasteiger partial charge in [-0.15, -0.1) is 0 Å². The van der Waals surface area contributed by atoms with E-state index in [1.165, 1.54) is 28.6 Å². The summed E-state index contributed by atoms with van der Waals surface area (Å²) < 4.78 is 48.6. The molecule has 0 aliphatic carbocycles. The first-order valence-electron chi connectivity index (χ1n) is 9.31. The molecule has 7 nitrogen and oxygen atoms in total. The van der Waals surface area contributed by atoms with E-state index in [2.05, 4.69) is 5.32 Å². The summed E-state index contributed by atoms with van der Waals surface area (Å²) in [6.45, 7) is 1.88. The predicted molar refractivity (Wildman–Crippen MR) is 124 cm³/mol. The number of benzene rings is 2. The number of amides is 1. The van der Waals surface area contributed by atoms with Crippen molar-refractivity contribution in [3.63, 3.8) is 0 Å². The fraction of sp³-hybridized carbons (Fsp3) is 0.350. The molecule has 31 heavy (non-hydrogen) atoms. The maximum Gasteiger partial charge on any atom is 0.232 e. The Hall–Kier alpha value is -1.81. The molecule has 0 saturated carbocycles. The van der Waals surface area contributed by atoms with E-state index in [1.807, 2.05) is 0 Å². The Morgan fingerprint density at radius 3 is 2.13 bits per heavy atom. The Morgan fingerprint density at radius 1 is 1.00 bits per heavy atom. The van der Waals surface area contributed by atoms with Crippen molar-refractivity contribution in [2.75, 3.05) is 23.4 Å². The topological polar surface area (TPSA) is 101 Å².